The summed E-state index contributed by atoms with van der Waals surface area (Å²) in [7, 11) is 0. The van der Waals surface area contributed by atoms with Crippen molar-refractivity contribution in [2.24, 2.45) is 5.92 Å². The van der Waals surface area contributed by atoms with Gasteiger partial charge in [-0.3, -0.25) is 4.89 Å². The average Bonchev–Trinajstić information content (AvgIpc) is 1.63. The van der Waals surface area contributed by atoms with Crippen molar-refractivity contribution in [3.8, 4) is 0 Å². The SMILES string of the molecule is CC(C)COOC(=O)O. The highest BCUT2D eigenvalue weighted by atomic mass is 17.2. The molecule has 0 aromatic carbocycles. The molecule has 0 aliphatic heterocycles. The van der Waals surface area contributed by atoms with E-state index < -0.39 is 6.16 Å². The maximum absolute atomic E-state index is 9.63. The second kappa shape index (κ2) is 4.14. The highest BCUT2D eigenvalue weighted by Gasteiger charge is 1.98. The van der Waals surface area contributed by atoms with Crippen LogP contribution in [-0.4, -0.2) is 17.9 Å². The predicted octanol–water partition coefficient (Wildman–Crippen LogP) is 1.27. The Labute approximate surface area is 53.3 Å². The zero-order chi connectivity index (χ0) is 7.28. The van der Waals surface area contributed by atoms with Crippen LogP contribution in [0, 0.1) is 5.92 Å². The fraction of sp³-hybridized carbons (Fsp3) is 0.800. The van der Waals surface area contributed by atoms with E-state index in [0.29, 0.717) is 6.61 Å². The van der Waals surface area contributed by atoms with Gasteiger partial charge in [-0.1, -0.05) is 13.8 Å². The lowest BCUT2D eigenvalue weighted by molar-refractivity contribution is -0.256. The molecule has 0 aliphatic rings. The van der Waals surface area contributed by atoms with Gasteiger partial charge in [-0.15, -0.1) is 0 Å². The Kier molecular flexibility index (Phi) is 3.79. The summed E-state index contributed by atoms with van der Waals surface area (Å²) in [5, 5.41) is 7.88. The van der Waals surface area contributed by atoms with Gasteiger partial charge in [-0.2, -0.15) is 4.89 Å². The smallest absolute Gasteiger partial charge is 0.448 e. The first kappa shape index (κ1) is 8.23. The monoisotopic (exact) mass is 134 g/mol. The lowest BCUT2D eigenvalue weighted by atomic mass is 10.2. The lowest BCUT2D eigenvalue weighted by Gasteiger charge is -2.01. The molecule has 0 saturated carbocycles. The maximum Gasteiger partial charge on any atom is 0.537 e. The van der Waals surface area contributed by atoms with E-state index in [2.05, 4.69) is 9.78 Å². The van der Waals surface area contributed by atoms with Gasteiger partial charge >= 0.3 is 6.16 Å². The molecule has 9 heavy (non-hydrogen) atoms. The Hall–Kier alpha value is -0.770. The number of carbonyl (C=O) groups is 1. The Morgan fingerprint density at radius 3 is 2.56 bits per heavy atom. The second-order valence-electron chi connectivity index (χ2n) is 2.03. The van der Waals surface area contributed by atoms with Gasteiger partial charge < -0.3 is 5.11 Å². The number of hydrogen-bond acceptors (Lipinski definition) is 3. The molecule has 0 amide bonds. The largest absolute Gasteiger partial charge is 0.537 e. The van der Waals surface area contributed by atoms with Crippen LogP contribution in [0.4, 0.5) is 4.79 Å². The summed E-state index contributed by atoms with van der Waals surface area (Å²) in [4.78, 5) is 17.7. The molecule has 0 rings (SSSR count). The van der Waals surface area contributed by atoms with Crippen molar-refractivity contribution >= 4 is 6.16 Å². The average molecular weight is 134 g/mol. The van der Waals surface area contributed by atoms with Crippen LogP contribution < -0.4 is 0 Å². The van der Waals surface area contributed by atoms with E-state index in [-0.39, 0.29) is 5.92 Å². The normalized spacial score (nSPS) is 9.67. The predicted molar refractivity (Wildman–Crippen MR) is 29.9 cm³/mol. The third-order valence-corrected chi connectivity index (χ3v) is 0.532. The number of rotatable bonds is 3. The molecule has 4 nitrogen and oxygen atoms in total. The molecule has 0 bridgehead atoms. The molecule has 1 N–H and O–H groups in total. The fourth-order valence-electron chi connectivity index (χ4n) is 0.221. The van der Waals surface area contributed by atoms with Crippen LogP contribution in [0.3, 0.4) is 0 Å². The topological polar surface area (TPSA) is 55.8 Å². The van der Waals surface area contributed by atoms with E-state index in [1.54, 1.807) is 0 Å². The third kappa shape index (κ3) is 7.23. The van der Waals surface area contributed by atoms with Crippen LogP contribution in [0.15, 0.2) is 0 Å². The van der Waals surface area contributed by atoms with Crippen LogP contribution in [0.1, 0.15) is 13.8 Å². The molecule has 4 heteroatoms. The summed E-state index contributed by atoms with van der Waals surface area (Å²) in [5.74, 6) is 0.282. The summed E-state index contributed by atoms with van der Waals surface area (Å²) in [6, 6.07) is 0. The molecule has 0 aliphatic carbocycles. The molecule has 0 aromatic heterocycles. The quantitative estimate of drug-likeness (QED) is 0.466. The van der Waals surface area contributed by atoms with Gasteiger partial charge in [-0.05, 0) is 5.92 Å². The van der Waals surface area contributed by atoms with Crippen LogP contribution >= 0.6 is 0 Å². The highest BCUT2D eigenvalue weighted by Crippen LogP contribution is 1.92. The summed E-state index contributed by atoms with van der Waals surface area (Å²) in [6.07, 6.45) is -1.41. The zero-order valence-corrected chi connectivity index (χ0v) is 5.46. The summed E-state index contributed by atoms with van der Waals surface area (Å²) in [5.41, 5.74) is 0. The van der Waals surface area contributed by atoms with E-state index in [0.717, 1.165) is 0 Å². The van der Waals surface area contributed by atoms with Crippen molar-refractivity contribution < 1.29 is 19.7 Å². The van der Waals surface area contributed by atoms with Crippen LogP contribution in [0.25, 0.3) is 0 Å². The number of carboxylic acid groups (broad SMARTS) is 1. The van der Waals surface area contributed by atoms with Gasteiger partial charge in [0.25, 0.3) is 0 Å². The third-order valence-electron chi connectivity index (χ3n) is 0.532. The van der Waals surface area contributed by atoms with Gasteiger partial charge in [0.1, 0.15) is 0 Å². The molecule has 0 aromatic rings. The van der Waals surface area contributed by atoms with Crippen LogP contribution in [-0.2, 0) is 9.78 Å². The highest BCUT2D eigenvalue weighted by molar-refractivity contribution is 5.55. The molecule has 0 fully saturated rings. The standard InChI is InChI=1S/C5H10O4/c1-4(2)3-8-9-5(6)7/h4H,3H2,1-2H3,(H,6,7). The minimum Gasteiger partial charge on any atom is -0.448 e. The minimum absolute atomic E-state index is 0.282. The Bertz CT molecular complexity index is 89.0. The van der Waals surface area contributed by atoms with Gasteiger partial charge in [0.15, 0.2) is 0 Å². The second-order valence-corrected chi connectivity index (χ2v) is 2.03. The van der Waals surface area contributed by atoms with Crippen molar-refractivity contribution in [3.63, 3.8) is 0 Å². The molecule has 54 valence electrons. The first-order valence-corrected chi connectivity index (χ1v) is 2.65. The Morgan fingerprint density at radius 2 is 2.22 bits per heavy atom. The minimum atomic E-state index is -1.41. The molecular weight excluding hydrogens is 124 g/mol. The Balaban J connectivity index is 3.01. The van der Waals surface area contributed by atoms with Crippen molar-refractivity contribution in [1.29, 1.82) is 0 Å². The Morgan fingerprint density at radius 1 is 1.67 bits per heavy atom. The van der Waals surface area contributed by atoms with Gasteiger partial charge in [-0.25, -0.2) is 4.79 Å². The summed E-state index contributed by atoms with van der Waals surface area (Å²) in [6.45, 7) is 4.09. The molecule has 0 radical (unpaired) electrons. The molecule has 0 unspecified atom stereocenters. The van der Waals surface area contributed by atoms with Crippen molar-refractivity contribution in [2.45, 2.75) is 13.8 Å². The van der Waals surface area contributed by atoms with Gasteiger partial charge in [0, 0.05) is 0 Å². The lowest BCUT2D eigenvalue weighted by Crippen LogP contribution is -2.06. The summed E-state index contributed by atoms with van der Waals surface area (Å²) < 4.78 is 0. The maximum atomic E-state index is 9.63. The van der Waals surface area contributed by atoms with Crippen molar-refractivity contribution in [2.75, 3.05) is 6.61 Å². The zero-order valence-electron chi connectivity index (χ0n) is 5.46. The molecular formula is C5H10O4. The van der Waals surface area contributed by atoms with Crippen LogP contribution in [0.5, 0.6) is 0 Å². The van der Waals surface area contributed by atoms with Gasteiger partial charge in [0.05, 0.1) is 6.61 Å². The molecule has 0 spiro atoms. The van der Waals surface area contributed by atoms with E-state index in [1.807, 2.05) is 13.8 Å². The fourth-order valence-corrected chi connectivity index (χ4v) is 0.221. The van der Waals surface area contributed by atoms with Crippen LogP contribution in [0.2, 0.25) is 0 Å². The molecule has 0 saturated heterocycles. The van der Waals surface area contributed by atoms with Gasteiger partial charge in [0.2, 0.25) is 0 Å². The number of hydrogen-bond donors (Lipinski definition) is 1. The molecule has 0 atom stereocenters. The van der Waals surface area contributed by atoms with E-state index in [4.69, 9.17) is 5.11 Å². The van der Waals surface area contributed by atoms with Crippen molar-refractivity contribution in [1.82, 2.24) is 0 Å². The van der Waals surface area contributed by atoms with Crippen molar-refractivity contribution in [3.05, 3.63) is 0 Å². The first-order valence-electron chi connectivity index (χ1n) is 2.65. The van der Waals surface area contributed by atoms with E-state index in [1.165, 1.54) is 0 Å². The first-order chi connectivity index (χ1) is 4.13. The molecule has 0 heterocycles. The van der Waals surface area contributed by atoms with E-state index in [9.17, 15) is 4.79 Å². The van der Waals surface area contributed by atoms with E-state index >= 15 is 0 Å². The summed E-state index contributed by atoms with van der Waals surface area (Å²) >= 11 is 0.